The topological polar surface area (TPSA) is 125 Å². The highest BCUT2D eigenvalue weighted by Crippen LogP contribution is 2.58. The Bertz CT molecular complexity index is 1490. The van der Waals surface area contributed by atoms with Gasteiger partial charge in [0.25, 0.3) is 5.91 Å². The summed E-state index contributed by atoms with van der Waals surface area (Å²) in [4.78, 5) is 58.2. The van der Waals surface area contributed by atoms with Crippen LogP contribution >= 0.6 is 0 Å². The van der Waals surface area contributed by atoms with Crippen molar-refractivity contribution in [2.24, 2.45) is 11.8 Å². The maximum atomic E-state index is 14.6. The van der Waals surface area contributed by atoms with E-state index in [0.717, 1.165) is 16.7 Å². The van der Waals surface area contributed by atoms with Gasteiger partial charge in [0.05, 0.1) is 30.6 Å². The Morgan fingerprint density at radius 3 is 2.63 bits per heavy atom. The molecule has 0 radical (unpaired) electrons. The van der Waals surface area contributed by atoms with E-state index in [1.807, 2.05) is 62.4 Å². The van der Waals surface area contributed by atoms with Gasteiger partial charge in [-0.05, 0) is 55.9 Å². The van der Waals surface area contributed by atoms with Crippen molar-refractivity contribution in [1.29, 1.82) is 0 Å². The SMILES string of the molecule is C=CCCC(=O)OC[C@@H](NC(=O)[C@@H]1[C@@H]2CC[C@]3(O2)[C@H](C(=O)N(CC=C)c2cc(C)ccc2C)N(CCO)C(=O)[C@@H]13)c1ccccc1. The van der Waals surface area contributed by atoms with Gasteiger partial charge in [-0.3, -0.25) is 19.2 Å². The van der Waals surface area contributed by atoms with Crippen LogP contribution in [-0.4, -0.2) is 77.7 Å². The molecule has 46 heavy (non-hydrogen) atoms. The van der Waals surface area contributed by atoms with E-state index in [-0.39, 0.29) is 44.5 Å². The van der Waals surface area contributed by atoms with Crippen molar-refractivity contribution in [3.05, 3.63) is 90.5 Å². The molecule has 10 heteroatoms. The maximum Gasteiger partial charge on any atom is 0.306 e. The summed E-state index contributed by atoms with van der Waals surface area (Å²) in [5, 5.41) is 13.0. The van der Waals surface area contributed by atoms with Crippen LogP contribution in [0.2, 0.25) is 0 Å². The van der Waals surface area contributed by atoms with Crippen LogP contribution in [0.4, 0.5) is 5.69 Å². The lowest BCUT2D eigenvalue weighted by Gasteiger charge is -2.37. The zero-order valence-corrected chi connectivity index (χ0v) is 26.5. The normalized spacial score (nSPS) is 25.1. The molecule has 0 aromatic heterocycles. The number of hydrogen-bond acceptors (Lipinski definition) is 7. The number of nitrogens with one attached hydrogen (secondary N) is 1. The predicted molar refractivity (Wildman–Crippen MR) is 173 cm³/mol. The molecule has 3 saturated heterocycles. The number of aryl methyl sites for hydroxylation is 2. The summed E-state index contributed by atoms with van der Waals surface area (Å²) in [5.74, 6) is -3.32. The average molecular weight is 630 g/mol. The standard InChI is InChI=1S/C36H43N3O7/c1-5-7-13-29(41)45-22-26(25-11-9-8-10-12-25)37-33(42)30-28-16-17-36(46-28)31(30)34(43)39(19-20-40)32(36)35(44)38(18-6-2)27-21-23(3)14-15-24(27)4/h5-6,8-12,14-15,21,26,28,30-32,40H,1-2,7,13,16-20,22H2,3-4H3,(H,37,42)/t26-,28+,30-,31-,32+,36-/m1/s1. The molecule has 1 spiro atoms. The van der Waals surface area contributed by atoms with Crippen LogP contribution in [0.3, 0.4) is 0 Å². The maximum absolute atomic E-state index is 14.6. The summed E-state index contributed by atoms with van der Waals surface area (Å²) < 4.78 is 12.1. The second kappa shape index (κ2) is 14.0. The van der Waals surface area contributed by atoms with E-state index in [4.69, 9.17) is 9.47 Å². The van der Waals surface area contributed by atoms with E-state index in [2.05, 4.69) is 18.5 Å². The Morgan fingerprint density at radius 1 is 1.17 bits per heavy atom. The number of allylic oxidation sites excluding steroid dienone is 1. The number of amides is 3. The quantitative estimate of drug-likeness (QED) is 0.242. The first-order chi connectivity index (χ1) is 22.2. The first kappa shape index (κ1) is 33.1. The van der Waals surface area contributed by atoms with Gasteiger partial charge in [0, 0.05) is 25.2 Å². The number of aliphatic hydroxyl groups excluding tert-OH is 1. The fraction of sp³-hybridized carbons (Fsp3) is 0.444. The molecule has 2 aromatic rings. The molecule has 3 aliphatic heterocycles. The van der Waals surface area contributed by atoms with Crippen molar-refractivity contribution in [3.63, 3.8) is 0 Å². The first-order valence-corrected chi connectivity index (χ1v) is 15.9. The van der Waals surface area contributed by atoms with Gasteiger partial charge in [0.1, 0.15) is 18.2 Å². The molecule has 5 rings (SSSR count). The Labute approximate surface area is 270 Å². The summed E-state index contributed by atoms with van der Waals surface area (Å²) in [6, 6.07) is 13.3. The molecule has 3 fully saturated rings. The summed E-state index contributed by atoms with van der Waals surface area (Å²) in [5.41, 5.74) is 2.08. The number of likely N-dealkylation sites (tertiary alicyclic amines) is 1. The number of esters is 1. The van der Waals surface area contributed by atoms with E-state index >= 15 is 0 Å². The third-order valence-electron chi connectivity index (χ3n) is 9.39. The van der Waals surface area contributed by atoms with Gasteiger partial charge in [-0.25, -0.2) is 0 Å². The van der Waals surface area contributed by atoms with Crippen LogP contribution in [-0.2, 0) is 28.7 Å². The molecule has 3 amide bonds. The number of ether oxygens (including phenoxy) is 2. The van der Waals surface area contributed by atoms with Crippen molar-refractivity contribution < 1.29 is 33.8 Å². The fourth-order valence-electron chi connectivity index (χ4n) is 7.32. The molecule has 244 valence electrons. The van der Waals surface area contributed by atoms with Gasteiger partial charge in [0.2, 0.25) is 11.8 Å². The zero-order valence-electron chi connectivity index (χ0n) is 26.5. The fourth-order valence-corrected chi connectivity index (χ4v) is 7.32. The Kier molecular flexibility index (Phi) is 10.1. The Morgan fingerprint density at radius 2 is 1.93 bits per heavy atom. The van der Waals surface area contributed by atoms with Crippen molar-refractivity contribution in [1.82, 2.24) is 10.2 Å². The lowest BCUT2D eigenvalue weighted by atomic mass is 9.70. The second-order valence-electron chi connectivity index (χ2n) is 12.3. The molecule has 3 aliphatic rings. The number of carbonyl (C=O) groups excluding carboxylic acids is 4. The molecule has 10 nitrogen and oxygen atoms in total. The molecule has 0 aliphatic carbocycles. The highest BCUT2D eigenvalue weighted by atomic mass is 16.5. The molecule has 6 atom stereocenters. The highest BCUT2D eigenvalue weighted by Gasteiger charge is 2.74. The minimum absolute atomic E-state index is 0.0715. The molecule has 0 saturated carbocycles. The van der Waals surface area contributed by atoms with Crippen LogP contribution in [0.25, 0.3) is 0 Å². The van der Waals surface area contributed by atoms with Gasteiger partial charge in [-0.1, -0.05) is 54.6 Å². The number of anilines is 1. The third-order valence-corrected chi connectivity index (χ3v) is 9.39. The summed E-state index contributed by atoms with van der Waals surface area (Å²) in [6.45, 7) is 11.1. The number of hydrogen-bond donors (Lipinski definition) is 2. The van der Waals surface area contributed by atoms with Gasteiger partial charge in [0.15, 0.2) is 0 Å². The van der Waals surface area contributed by atoms with Gasteiger partial charge in [-0.2, -0.15) is 0 Å². The minimum atomic E-state index is -1.23. The summed E-state index contributed by atoms with van der Waals surface area (Å²) >= 11 is 0. The largest absolute Gasteiger partial charge is 0.463 e. The highest BCUT2D eigenvalue weighted by molar-refractivity contribution is 6.05. The van der Waals surface area contributed by atoms with Crippen LogP contribution in [0.1, 0.15) is 48.4 Å². The number of aliphatic hydroxyl groups is 1. The minimum Gasteiger partial charge on any atom is -0.463 e. The number of benzene rings is 2. The van der Waals surface area contributed by atoms with Crippen molar-refractivity contribution in [3.8, 4) is 0 Å². The summed E-state index contributed by atoms with van der Waals surface area (Å²) in [6.07, 6.45) is 4.28. The van der Waals surface area contributed by atoms with Crippen molar-refractivity contribution in [2.75, 3.05) is 31.2 Å². The number of nitrogens with zero attached hydrogens (tertiary/aromatic N) is 2. The lowest BCUT2D eigenvalue weighted by Crippen LogP contribution is -2.57. The van der Waals surface area contributed by atoms with Gasteiger partial charge < -0.3 is 29.7 Å². The van der Waals surface area contributed by atoms with Crippen molar-refractivity contribution >= 4 is 29.4 Å². The monoisotopic (exact) mass is 629 g/mol. The van der Waals surface area contributed by atoms with Crippen molar-refractivity contribution in [2.45, 2.75) is 63.3 Å². The second-order valence-corrected chi connectivity index (χ2v) is 12.3. The first-order valence-electron chi connectivity index (χ1n) is 15.9. The van der Waals surface area contributed by atoms with Gasteiger partial charge in [-0.15, -0.1) is 13.2 Å². The number of carbonyl (C=O) groups is 4. The lowest BCUT2D eigenvalue weighted by molar-refractivity contribution is -0.146. The Hall–Kier alpha value is -4.28. The van der Waals surface area contributed by atoms with E-state index in [1.54, 1.807) is 17.1 Å². The van der Waals surface area contributed by atoms with Crippen LogP contribution < -0.4 is 10.2 Å². The van der Waals surface area contributed by atoms with Gasteiger partial charge >= 0.3 is 5.97 Å². The Balaban J connectivity index is 1.45. The molecule has 2 bridgehead atoms. The third kappa shape index (κ3) is 6.11. The van der Waals surface area contributed by atoms with E-state index in [1.165, 1.54) is 4.90 Å². The molecular weight excluding hydrogens is 586 g/mol. The van der Waals surface area contributed by atoms with Crippen LogP contribution in [0, 0.1) is 25.7 Å². The van der Waals surface area contributed by atoms with E-state index in [0.29, 0.717) is 24.9 Å². The smallest absolute Gasteiger partial charge is 0.306 e. The van der Waals surface area contributed by atoms with E-state index in [9.17, 15) is 24.3 Å². The van der Waals surface area contributed by atoms with Crippen LogP contribution in [0.5, 0.6) is 0 Å². The number of β-amino-alcohol motifs (C(OH)–C–C–N with tert-alkyl or cyclic N) is 1. The molecule has 2 aromatic carbocycles. The van der Waals surface area contributed by atoms with E-state index < -0.39 is 47.5 Å². The molecular formula is C36H43N3O7. The predicted octanol–water partition coefficient (Wildman–Crippen LogP) is 3.56. The molecule has 2 N–H and O–H groups in total. The summed E-state index contributed by atoms with van der Waals surface area (Å²) in [7, 11) is 0. The average Bonchev–Trinajstić information content (AvgIpc) is 3.69. The molecule has 3 heterocycles. The van der Waals surface area contributed by atoms with Crippen LogP contribution in [0.15, 0.2) is 73.8 Å². The molecule has 0 unspecified atom stereocenters. The number of rotatable bonds is 14. The zero-order chi connectivity index (χ0) is 33.0. The number of fused-ring (bicyclic) bond motifs is 1.